The molecule has 2 unspecified atom stereocenters. The van der Waals surface area contributed by atoms with Crippen molar-refractivity contribution in [2.75, 3.05) is 13.1 Å². The first-order valence-corrected chi connectivity index (χ1v) is 6.87. The zero-order chi connectivity index (χ0) is 16.0. The standard InChI is InChI=1S/C15H21F2NO3/c1-4-18(9-10(2)14(19)20)11(3)12-7-5-6-8-13(12)21-15(16)17/h5-8,10-11,15H,4,9H2,1-3H3,(H,19,20). The molecule has 21 heavy (non-hydrogen) atoms. The van der Waals surface area contributed by atoms with Gasteiger partial charge in [-0.15, -0.1) is 0 Å². The minimum absolute atomic E-state index is 0.126. The Morgan fingerprint density at radius 3 is 2.48 bits per heavy atom. The fourth-order valence-corrected chi connectivity index (χ4v) is 2.22. The Kier molecular flexibility index (Phi) is 6.55. The fourth-order valence-electron chi connectivity index (χ4n) is 2.22. The highest BCUT2D eigenvalue weighted by Gasteiger charge is 2.23. The van der Waals surface area contributed by atoms with Gasteiger partial charge in [-0.05, 0) is 19.5 Å². The lowest BCUT2D eigenvalue weighted by Gasteiger charge is -2.30. The molecule has 1 N–H and O–H groups in total. The molecule has 4 nitrogen and oxygen atoms in total. The topological polar surface area (TPSA) is 49.8 Å². The van der Waals surface area contributed by atoms with E-state index in [1.165, 1.54) is 6.07 Å². The first-order chi connectivity index (χ1) is 9.86. The Morgan fingerprint density at radius 1 is 1.33 bits per heavy atom. The first-order valence-electron chi connectivity index (χ1n) is 6.87. The van der Waals surface area contributed by atoms with E-state index in [2.05, 4.69) is 4.74 Å². The van der Waals surface area contributed by atoms with Crippen molar-refractivity contribution in [2.24, 2.45) is 5.92 Å². The second-order valence-electron chi connectivity index (χ2n) is 4.92. The Labute approximate surface area is 123 Å². The Bertz CT molecular complexity index is 468. The Hall–Kier alpha value is -1.69. The van der Waals surface area contributed by atoms with Crippen molar-refractivity contribution < 1.29 is 23.4 Å². The van der Waals surface area contributed by atoms with Crippen LogP contribution in [0.5, 0.6) is 5.75 Å². The summed E-state index contributed by atoms with van der Waals surface area (Å²) in [4.78, 5) is 12.9. The van der Waals surface area contributed by atoms with E-state index in [0.29, 0.717) is 18.7 Å². The number of carboxylic acids is 1. The maximum atomic E-state index is 12.4. The van der Waals surface area contributed by atoms with Crippen LogP contribution in [0.25, 0.3) is 0 Å². The molecule has 118 valence electrons. The van der Waals surface area contributed by atoms with Gasteiger partial charge in [0.15, 0.2) is 0 Å². The van der Waals surface area contributed by atoms with Gasteiger partial charge in [0.1, 0.15) is 5.75 Å². The summed E-state index contributed by atoms with van der Waals surface area (Å²) < 4.78 is 29.4. The number of para-hydroxylation sites is 1. The van der Waals surface area contributed by atoms with Crippen molar-refractivity contribution in [3.8, 4) is 5.75 Å². The smallest absolute Gasteiger partial charge is 0.387 e. The summed E-state index contributed by atoms with van der Waals surface area (Å²) in [5.74, 6) is -1.28. The second kappa shape index (κ2) is 7.93. The molecule has 1 aromatic carbocycles. The predicted octanol–water partition coefficient (Wildman–Crippen LogP) is 3.39. The van der Waals surface area contributed by atoms with E-state index in [1.54, 1.807) is 25.1 Å². The van der Waals surface area contributed by atoms with Crippen molar-refractivity contribution in [1.29, 1.82) is 0 Å². The van der Waals surface area contributed by atoms with E-state index in [1.807, 2.05) is 18.7 Å². The van der Waals surface area contributed by atoms with Crippen LogP contribution in [0.15, 0.2) is 24.3 Å². The van der Waals surface area contributed by atoms with Crippen molar-refractivity contribution in [3.63, 3.8) is 0 Å². The number of carboxylic acid groups (broad SMARTS) is 1. The molecule has 0 amide bonds. The molecule has 1 rings (SSSR count). The molecule has 0 aliphatic heterocycles. The number of hydrogen-bond acceptors (Lipinski definition) is 3. The highest BCUT2D eigenvalue weighted by molar-refractivity contribution is 5.69. The lowest BCUT2D eigenvalue weighted by atomic mass is 10.0. The van der Waals surface area contributed by atoms with Crippen LogP contribution in [0.2, 0.25) is 0 Å². The molecule has 6 heteroatoms. The lowest BCUT2D eigenvalue weighted by molar-refractivity contribution is -0.141. The molecular weight excluding hydrogens is 280 g/mol. The van der Waals surface area contributed by atoms with Crippen LogP contribution >= 0.6 is 0 Å². The van der Waals surface area contributed by atoms with Crippen molar-refractivity contribution >= 4 is 5.97 Å². The third-order valence-electron chi connectivity index (χ3n) is 3.47. The number of rotatable bonds is 8. The minimum atomic E-state index is -2.88. The summed E-state index contributed by atoms with van der Waals surface area (Å²) >= 11 is 0. The second-order valence-corrected chi connectivity index (χ2v) is 4.92. The highest BCUT2D eigenvalue weighted by atomic mass is 19.3. The molecular formula is C15H21F2NO3. The van der Waals surface area contributed by atoms with Crippen molar-refractivity contribution in [1.82, 2.24) is 4.90 Å². The van der Waals surface area contributed by atoms with E-state index in [4.69, 9.17) is 5.11 Å². The van der Waals surface area contributed by atoms with Crippen LogP contribution in [0.3, 0.4) is 0 Å². The summed E-state index contributed by atoms with van der Waals surface area (Å²) in [7, 11) is 0. The maximum absolute atomic E-state index is 12.4. The number of ether oxygens (including phenoxy) is 1. The van der Waals surface area contributed by atoms with Crippen LogP contribution in [0, 0.1) is 5.92 Å². The molecule has 0 saturated heterocycles. The number of hydrogen-bond donors (Lipinski definition) is 1. The molecule has 0 aliphatic carbocycles. The normalized spacial score (nSPS) is 14.2. The molecule has 0 bridgehead atoms. The monoisotopic (exact) mass is 301 g/mol. The van der Waals surface area contributed by atoms with Gasteiger partial charge in [0.05, 0.1) is 5.92 Å². The van der Waals surface area contributed by atoms with E-state index in [9.17, 15) is 13.6 Å². The van der Waals surface area contributed by atoms with Gasteiger partial charge in [-0.3, -0.25) is 9.69 Å². The minimum Gasteiger partial charge on any atom is -0.481 e. The average molecular weight is 301 g/mol. The summed E-state index contributed by atoms with van der Waals surface area (Å²) in [5, 5.41) is 9.00. The van der Waals surface area contributed by atoms with Crippen LogP contribution in [-0.2, 0) is 4.79 Å². The van der Waals surface area contributed by atoms with Crippen LogP contribution < -0.4 is 4.74 Å². The van der Waals surface area contributed by atoms with Crippen LogP contribution in [0.1, 0.15) is 32.4 Å². The SMILES string of the molecule is CCN(CC(C)C(=O)O)C(C)c1ccccc1OC(F)F. The molecule has 1 aromatic rings. The number of halogens is 2. The summed E-state index contributed by atoms with van der Waals surface area (Å²) in [6.45, 7) is 3.45. The summed E-state index contributed by atoms with van der Waals surface area (Å²) in [6, 6.07) is 6.37. The third kappa shape index (κ3) is 4.97. The molecule has 0 aromatic heterocycles. The number of alkyl halides is 2. The molecule has 0 saturated carbocycles. The fraction of sp³-hybridized carbons (Fsp3) is 0.533. The zero-order valence-electron chi connectivity index (χ0n) is 12.4. The van der Waals surface area contributed by atoms with Gasteiger partial charge in [0.25, 0.3) is 0 Å². The van der Waals surface area contributed by atoms with E-state index in [0.717, 1.165) is 0 Å². The molecule has 0 heterocycles. The van der Waals surface area contributed by atoms with E-state index < -0.39 is 18.5 Å². The van der Waals surface area contributed by atoms with Gasteiger partial charge < -0.3 is 9.84 Å². The number of carbonyl (C=O) groups is 1. The van der Waals surface area contributed by atoms with Gasteiger partial charge in [-0.25, -0.2) is 0 Å². The average Bonchev–Trinajstić information content (AvgIpc) is 2.43. The Morgan fingerprint density at radius 2 is 1.95 bits per heavy atom. The quantitative estimate of drug-likeness (QED) is 0.799. The van der Waals surface area contributed by atoms with E-state index >= 15 is 0 Å². The summed E-state index contributed by atoms with van der Waals surface area (Å²) in [6.07, 6.45) is 0. The largest absolute Gasteiger partial charge is 0.481 e. The number of aliphatic carboxylic acids is 1. The van der Waals surface area contributed by atoms with Gasteiger partial charge in [0.2, 0.25) is 0 Å². The predicted molar refractivity (Wildman–Crippen MR) is 75.5 cm³/mol. The third-order valence-corrected chi connectivity index (χ3v) is 3.47. The summed E-state index contributed by atoms with van der Waals surface area (Å²) in [5.41, 5.74) is 0.622. The van der Waals surface area contributed by atoms with Crippen molar-refractivity contribution in [3.05, 3.63) is 29.8 Å². The zero-order valence-corrected chi connectivity index (χ0v) is 12.4. The van der Waals surface area contributed by atoms with E-state index in [-0.39, 0.29) is 11.8 Å². The van der Waals surface area contributed by atoms with Gasteiger partial charge in [-0.2, -0.15) is 8.78 Å². The Balaban J connectivity index is 2.94. The molecule has 0 radical (unpaired) electrons. The van der Waals surface area contributed by atoms with Crippen LogP contribution in [-0.4, -0.2) is 35.7 Å². The van der Waals surface area contributed by atoms with Gasteiger partial charge in [-0.1, -0.05) is 32.0 Å². The van der Waals surface area contributed by atoms with Gasteiger partial charge >= 0.3 is 12.6 Å². The molecule has 2 atom stereocenters. The number of benzene rings is 1. The van der Waals surface area contributed by atoms with Crippen LogP contribution in [0.4, 0.5) is 8.78 Å². The maximum Gasteiger partial charge on any atom is 0.387 e. The molecule has 0 aliphatic rings. The van der Waals surface area contributed by atoms with Crippen molar-refractivity contribution in [2.45, 2.75) is 33.4 Å². The molecule has 0 spiro atoms. The first kappa shape index (κ1) is 17.4. The number of nitrogens with zero attached hydrogens (tertiary/aromatic N) is 1. The van der Waals surface area contributed by atoms with Gasteiger partial charge in [0, 0.05) is 18.2 Å². The highest BCUT2D eigenvalue weighted by Crippen LogP contribution is 2.30. The molecule has 0 fully saturated rings. The lowest BCUT2D eigenvalue weighted by Crippen LogP contribution is -2.34.